The van der Waals surface area contributed by atoms with Crippen molar-refractivity contribution < 1.29 is 4.79 Å². The molecule has 0 unspecified atom stereocenters. The number of carbonyl (C=O) groups is 1. The summed E-state index contributed by atoms with van der Waals surface area (Å²) in [7, 11) is 1.76. The number of anilines is 1. The van der Waals surface area contributed by atoms with E-state index in [1.807, 2.05) is 6.92 Å². The average Bonchev–Trinajstić information content (AvgIpc) is 2.89. The number of rotatable bonds is 5. The molecule has 20 heavy (non-hydrogen) atoms. The van der Waals surface area contributed by atoms with E-state index in [9.17, 15) is 9.59 Å². The van der Waals surface area contributed by atoms with E-state index in [2.05, 4.69) is 20.6 Å². The molecule has 0 aliphatic rings. The highest BCUT2D eigenvalue weighted by Crippen LogP contribution is 2.11. The number of hydrogen-bond acceptors (Lipinski definition) is 5. The van der Waals surface area contributed by atoms with E-state index >= 15 is 0 Å². The number of hydrogen-bond donors (Lipinski definition) is 3. The molecule has 7 heteroatoms. The fourth-order valence-corrected chi connectivity index (χ4v) is 2.29. The Kier molecular flexibility index (Phi) is 4.52. The third-order valence-electron chi connectivity index (χ3n) is 2.77. The van der Waals surface area contributed by atoms with Gasteiger partial charge in [-0.3, -0.25) is 9.59 Å². The zero-order chi connectivity index (χ0) is 14.5. The Labute approximate surface area is 120 Å². The minimum atomic E-state index is -0.189. The molecule has 0 aliphatic heterocycles. The Bertz CT molecular complexity index is 640. The van der Waals surface area contributed by atoms with Gasteiger partial charge < -0.3 is 15.6 Å². The first-order valence-electron chi connectivity index (χ1n) is 6.26. The van der Waals surface area contributed by atoms with Crippen molar-refractivity contribution in [3.8, 4) is 0 Å². The van der Waals surface area contributed by atoms with Crippen molar-refractivity contribution in [3.05, 3.63) is 44.1 Å². The van der Waals surface area contributed by atoms with E-state index in [1.54, 1.807) is 24.6 Å². The number of aromatic nitrogens is 2. The predicted octanol–water partition coefficient (Wildman–Crippen LogP) is 1.37. The van der Waals surface area contributed by atoms with Crippen LogP contribution in [0.25, 0.3) is 0 Å². The number of thiazole rings is 1. The lowest BCUT2D eigenvalue weighted by molar-refractivity contribution is 0.0950. The highest BCUT2D eigenvalue weighted by Gasteiger charge is 2.09. The van der Waals surface area contributed by atoms with Crippen molar-refractivity contribution >= 4 is 23.1 Å². The molecule has 0 aliphatic carbocycles. The van der Waals surface area contributed by atoms with E-state index in [4.69, 9.17) is 0 Å². The summed E-state index contributed by atoms with van der Waals surface area (Å²) in [6.45, 7) is 2.29. The third-order valence-corrected chi connectivity index (χ3v) is 3.49. The van der Waals surface area contributed by atoms with Gasteiger partial charge in [-0.15, -0.1) is 0 Å². The Balaban J connectivity index is 2.10. The van der Waals surface area contributed by atoms with Crippen LogP contribution >= 0.6 is 11.3 Å². The fraction of sp³-hybridized carbons (Fsp3) is 0.308. The van der Waals surface area contributed by atoms with Crippen LogP contribution in [0, 0.1) is 0 Å². The van der Waals surface area contributed by atoms with Crippen molar-refractivity contribution in [1.82, 2.24) is 15.3 Å². The van der Waals surface area contributed by atoms with Gasteiger partial charge in [0.2, 0.25) is 0 Å². The van der Waals surface area contributed by atoms with Crippen LogP contribution in [0.1, 0.15) is 28.7 Å². The second kappa shape index (κ2) is 6.33. The molecule has 0 fully saturated rings. The molecule has 1 amide bonds. The molecule has 0 radical (unpaired) electrons. The SMILES string of the molecule is CCc1cc(C(=O)NCc2csc(=O)[nH]2)cc(NC)n1. The van der Waals surface area contributed by atoms with Crippen molar-refractivity contribution in [3.63, 3.8) is 0 Å². The molecule has 0 atom stereocenters. The lowest BCUT2D eigenvalue weighted by Gasteiger charge is -2.08. The predicted molar refractivity (Wildman–Crippen MR) is 79.3 cm³/mol. The zero-order valence-electron chi connectivity index (χ0n) is 11.3. The summed E-state index contributed by atoms with van der Waals surface area (Å²) >= 11 is 1.08. The van der Waals surface area contributed by atoms with Crippen LogP contribution in [0.5, 0.6) is 0 Å². The van der Waals surface area contributed by atoms with Crippen molar-refractivity contribution in [1.29, 1.82) is 0 Å². The quantitative estimate of drug-likeness (QED) is 0.776. The van der Waals surface area contributed by atoms with Crippen molar-refractivity contribution in [2.24, 2.45) is 0 Å². The van der Waals surface area contributed by atoms with Crippen molar-refractivity contribution in [2.45, 2.75) is 19.9 Å². The lowest BCUT2D eigenvalue weighted by atomic mass is 10.2. The molecule has 3 N–H and O–H groups in total. The van der Waals surface area contributed by atoms with Crippen LogP contribution in [0.4, 0.5) is 5.82 Å². The molecular weight excluding hydrogens is 276 g/mol. The maximum Gasteiger partial charge on any atom is 0.304 e. The van der Waals surface area contributed by atoms with Gasteiger partial charge in [-0.2, -0.15) is 0 Å². The van der Waals surface area contributed by atoms with Crippen LogP contribution in [-0.4, -0.2) is 22.9 Å². The van der Waals surface area contributed by atoms with E-state index in [0.717, 1.165) is 23.5 Å². The topological polar surface area (TPSA) is 86.9 Å². The molecule has 0 spiro atoms. The Morgan fingerprint density at radius 3 is 2.85 bits per heavy atom. The van der Waals surface area contributed by atoms with E-state index < -0.39 is 0 Å². The molecule has 2 aromatic heterocycles. The van der Waals surface area contributed by atoms with Crippen LogP contribution < -0.4 is 15.5 Å². The van der Waals surface area contributed by atoms with Crippen LogP contribution in [-0.2, 0) is 13.0 Å². The number of nitrogens with zero attached hydrogens (tertiary/aromatic N) is 1. The second-order valence-electron chi connectivity index (χ2n) is 4.19. The molecule has 106 valence electrons. The number of H-pyrrole nitrogens is 1. The molecule has 2 heterocycles. The second-order valence-corrected chi connectivity index (χ2v) is 5.03. The Hall–Kier alpha value is -2.15. The summed E-state index contributed by atoms with van der Waals surface area (Å²) in [5.74, 6) is 0.476. The fourth-order valence-electron chi connectivity index (χ4n) is 1.71. The molecule has 0 aromatic carbocycles. The lowest BCUT2D eigenvalue weighted by Crippen LogP contribution is -2.23. The minimum absolute atomic E-state index is 0.121. The molecule has 0 saturated heterocycles. The molecule has 2 rings (SSSR count). The number of pyridine rings is 1. The number of carbonyl (C=O) groups excluding carboxylic acids is 1. The number of nitrogens with one attached hydrogen (secondary N) is 3. The molecule has 6 nitrogen and oxygen atoms in total. The van der Waals surface area contributed by atoms with Gasteiger partial charge in [-0.1, -0.05) is 18.3 Å². The largest absolute Gasteiger partial charge is 0.373 e. The van der Waals surface area contributed by atoms with Gasteiger partial charge in [0.05, 0.1) is 6.54 Å². The standard InChI is InChI=1S/C13H16N4O2S/c1-3-9-4-8(5-11(14-2)16-9)12(18)15-6-10-7-20-13(19)17-10/h4-5,7H,3,6H2,1-2H3,(H,14,16)(H,15,18)(H,17,19). The highest BCUT2D eigenvalue weighted by molar-refractivity contribution is 7.07. The van der Waals surface area contributed by atoms with Crippen LogP contribution in [0.3, 0.4) is 0 Å². The van der Waals surface area contributed by atoms with Gasteiger partial charge in [0, 0.05) is 29.4 Å². The van der Waals surface area contributed by atoms with Crippen LogP contribution in [0.15, 0.2) is 22.3 Å². The maximum absolute atomic E-state index is 12.1. The zero-order valence-corrected chi connectivity index (χ0v) is 12.1. The van der Waals surface area contributed by atoms with E-state index in [0.29, 0.717) is 23.6 Å². The van der Waals surface area contributed by atoms with Gasteiger partial charge in [0.25, 0.3) is 5.91 Å². The number of amides is 1. The van der Waals surface area contributed by atoms with E-state index in [1.165, 1.54) is 0 Å². The summed E-state index contributed by atoms with van der Waals surface area (Å²) < 4.78 is 0. The van der Waals surface area contributed by atoms with Gasteiger partial charge >= 0.3 is 4.87 Å². The van der Waals surface area contributed by atoms with E-state index in [-0.39, 0.29) is 10.8 Å². The summed E-state index contributed by atoms with van der Waals surface area (Å²) in [6, 6.07) is 3.47. The average molecular weight is 292 g/mol. The molecule has 2 aromatic rings. The Morgan fingerprint density at radius 2 is 2.25 bits per heavy atom. The first-order chi connectivity index (χ1) is 9.62. The number of aryl methyl sites for hydroxylation is 1. The third kappa shape index (κ3) is 3.45. The molecular formula is C13H16N4O2S. The maximum atomic E-state index is 12.1. The first kappa shape index (κ1) is 14.3. The van der Waals surface area contributed by atoms with Gasteiger partial charge in [-0.25, -0.2) is 4.98 Å². The molecule has 0 saturated carbocycles. The Morgan fingerprint density at radius 1 is 1.45 bits per heavy atom. The normalized spacial score (nSPS) is 10.3. The highest BCUT2D eigenvalue weighted by atomic mass is 32.1. The smallest absolute Gasteiger partial charge is 0.304 e. The molecule has 0 bridgehead atoms. The van der Waals surface area contributed by atoms with Gasteiger partial charge in [0.15, 0.2) is 0 Å². The van der Waals surface area contributed by atoms with Gasteiger partial charge in [0.1, 0.15) is 5.82 Å². The summed E-state index contributed by atoms with van der Waals surface area (Å²) in [6.07, 6.45) is 0.758. The summed E-state index contributed by atoms with van der Waals surface area (Å²) in [5, 5.41) is 7.41. The monoisotopic (exact) mass is 292 g/mol. The summed E-state index contributed by atoms with van der Waals surface area (Å²) in [4.78, 5) is 30.0. The van der Waals surface area contributed by atoms with Gasteiger partial charge in [-0.05, 0) is 18.6 Å². The van der Waals surface area contributed by atoms with Crippen molar-refractivity contribution in [2.75, 3.05) is 12.4 Å². The van der Waals surface area contributed by atoms with Crippen LogP contribution in [0.2, 0.25) is 0 Å². The summed E-state index contributed by atoms with van der Waals surface area (Å²) in [5.41, 5.74) is 2.11. The minimum Gasteiger partial charge on any atom is -0.373 e. The number of aromatic amines is 1. The first-order valence-corrected chi connectivity index (χ1v) is 7.14.